The number of fused-ring (bicyclic) bond motifs is 1. The predicted molar refractivity (Wildman–Crippen MR) is 89.3 cm³/mol. The third-order valence-electron chi connectivity index (χ3n) is 4.24. The summed E-state index contributed by atoms with van der Waals surface area (Å²) in [6.07, 6.45) is 0. The largest absolute Gasteiger partial charge is 0.368 e. The van der Waals surface area contributed by atoms with E-state index in [9.17, 15) is 9.59 Å². The molecule has 3 rings (SSSR count). The molecule has 0 radical (unpaired) electrons. The van der Waals surface area contributed by atoms with Crippen molar-refractivity contribution in [1.82, 2.24) is 4.90 Å². The van der Waals surface area contributed by atoms with E-state index in [1.165, 1.54) is 0 Å². The average molecular weight is 329 g/mol. The van der Waals surface area contributed by atoms with Gasteiger partial charge in [0.1, 0.15) is 6.04 Å². The topological polar surface area (TPSA) is 63.4 Å². The van der Waals surface area contributed by atoms with Gasteiger partial charge in [-0.25, -0.2) is 0 Å². The van der Waals surface area contributed by atoms with Crippen LogP contribution < -0.4 is 5.73 Å². The van der Waals surface area contributed by atoms with E-state index in [1.807, 2.05) is 37.3 Å². The zero-order chi connectivity index (χ0) is 16.6. The highest BCUT2D eigenvalue weighted by molar-refractivity contribution is 6.30. The lowest BCUT2D eigenvalue weighted by atomic mass is 10.00. The summed E-state index contributed by atoms with van der Waals surface area (Å²) in [4.78, 5) is 26.1. The molecule has 2 unspecified atom stereocenters. The highest BCUT2D eigenvalue weighted by atomic mass is 35.5. The zero-order valence-electron chi connectivity index (χ0n) is 12.7. The number of benzene rings is 2. The smallest absolute Gasteiger partial charge is 0.255 e. The van der Waals surface area contributed by atoms with Crippen molar-refractivity contribution < 1.29 is 9.59 Å². The Kier molecular flexibility index (Phi) is 4.09. The number of carbonyl (C=O) groups is 2. The molecule has 0 saturated heterocycles. The van der Waals surface area contributed by atoms with E-state index < -0.39 is 11.9 Å². The number of hydrogen-bond donors (Lipinski definition) is 1. The first kappa shape index (κ1) is 15.6. The Morgan fingerprint density at radius 3 is 2.52 bits per heavy atom. The van der Waals surface area contributed by atoms with Gasteiger partial charge in [0, 0.05) is 17.1 Å². The molecule has 2 amide bonds. The number of amides is 2. The van der Waals surface area contributed by atoms with Crippen molar-refractivity contribution in [3.05, 3.63) is 70.2 Å². The van der Waals surface area contributed by atoms with E-state index in [-0.39, 0.29) is 11.8 Å². The molecule has 0 fully saturated rings. The van der Waals surface area contributed by atoms with E-state index in [2.05, 4.69) is 0 Å². The van der Waals surface area contributed by atoms with Crippen LogP contribution in [0.15, 0.2) is 48.5 Å². The molecule has 1 aliphatic rings. The van der Waals surface area contributed by atoms with E-state index in [1.54, 1.807) is 23.1 Å². The van der Waals surface area contributed by atoms with Crippen molar-refractivity contribution in [1.29, 1.82) is 0 Å². The molecule has 2 atom stereocenters. The number of nitrogens with two attached hydrogens (primary N) is 1. The first-order chi connectivity index (χ1) is 11.0. The molecular weight excluding hydrogens is 312 g/mol. The molecule has 0 aromatic heterocycles. The third-order valence-corrected chi connectivity index (χ3v) is 4.49. The van der Waals surface area contributed by atoms with Crippen molar-refractivity contribution in [2.75, 3.05) is 6.54 Å². The zero-order valence-corrected chi connectivity index (χ0v) is 13.5. The van der Waals surface area contributed by atoms with Crippen LogP contribution in [0.5, 0.6) is 0 Å². The fraction of sp³-hybridized carbons (Fsp3) is 0.222. The summed E-state index contributed by atoms with van der Waals surface area (Å²) < 4.78 is 0. The van der Waals surface area contributed by atoms with Gasteiger partial charge in [-0.2, -0.15) is 0 Å². The molecule has 4 nitrogen and oxygen atoms in total. The quantitative estimate of drug-likeness (QED) is 0.937. The molecule has 1 aliphatic heterocycles. The van der Waals surface area contributed by atoms with Gasteiger partial charge in [-0.3, -0.25) is 9.59 Å². The fourth-order valence-electron chi connectivity index (χ4n) is 3.06. The monoisotopic (exact) mass is 328 g/mol. The van der Waals surface area contributed by atoms with Crippen LogP contribution in [0.4, 0.5) is 0 Å². The lowest BCUT2D eigenvalue weighted by Crippen LogP contribution is -2.38. The molecule has 0 spiro atoms. The maximum Gasteiger partial charge on any atom is 0.255 e. The number of primary amides is 1. The number of halogens is 1. The van der Waals surface area contributed by atoms with E-state index >= 15 is 0 Å². The summed E-state index contributed by atoms with van der Waals surface area (Å²) in [5.41, 5.74) is 7.85. The van der Waals surface area contributed by atoms with Gasteiger partial charge in [-0.05, 0) is 35.2 Å². The molecule has 2 N–H and O–H groups in total. The van der Waals surface area contributed by atoms with E-state index in [0.29, 0.717) is 22.7 Å². The molecule has 0 saturated carbocycles. The molecule has 118 valence electrons. The maximum atomic E-state index is 12.6. The Labute approximate surface area is 139 Å². The van der Waals surface area contributed by atoms with Crippen LogP contribution in [0.2, 0.25) is 5.02 Å². The van der Waals surface area contributed by atoms with E-state index in [0.717, 1.165) is 5.56 Å². The number of nitrogens with zero attached hydrogens (tertiary/aromatic N) is 1. The van der Waals surface area contributed by atoms with Gasteiger partial charge in [-0.15, -0.1) is 0 Å². The molecular formula is C18H17ClN2O2. The van der Waals surface area contributed by atoms with Crippen molar-refractivity contribution in [3.63, 3.8) is 0 Å². The first-order valence-electron chi connectivity index (χ1n) is 7.43. The molecule has 5 heteroatoms. The number of rotatable bonds is 4. The van der Waals surface area contributed by atoms with Gasteiger partial charge >= 0.3 is 0 Å². The lowest BCUT2D eigenvalue weighted by Gasteiger charge is -2.26. The Hall–Kier alpha value is -2.33. The summed E-state index contributed by atoms with van der Waals surface area (Å²) in [6.45, 7) is 2.43. The molecule has 2 aromatic carbocycles. The molecule has 0 aliphatic carbocycles. The average Bonchev–Trinajstić information content (AvgIpc) is 2.81. The van der Waals surface area contributed by atoms with Crippen LogP contribution in [0, 0.1) is 0 Å². The second kappa shape index (κ2) is 6.05. The normalized spacial score (nSPS) is 17.9. The molecule has 0 bridgehead atoms. The summed E-state index contributed by atoms with van der Waals surface area (Å²) in [5, 5.41) is 0.667. The van der Waals surface area contributed by atoms with Gasteiger partial charge in [-0.1, -0.05) is 48.9 Å². The van der Waals surface area contributed by atoms with Crippen molar-refractivity contribution in [3.8, 4) is 0 Å². The van der Waals surface area contributed by atoms with Gasteiger partial charge in [0.25, 0.3) is 5.91 Å². The fourth-order valence-corrected chi connectivity index (χ4v) is 3.18. The van der Waals surface area contributed by atoms with Crippen LogP contribution in [0.3, 0.4) is 0 Å². The van der Waals surface area contributed by atoms with Crippen LogP contribution in [0.25, 0.3) is 0 Å². The Morgan fingerprint density at radius 1 is 1.22 bits per heavy atom. The highest BCUT2D eigenvalue weighted by Crippen LogP contribution is 2.35. The van der Waals surface area contributed by atoms with Crippen LogP contribution in [-0.2, 0) is 4.79 Å². The highest BCUT2D eigenvalue weighted by Gasteiger charge is 2.40. The molecule has 1 heterocycles. The van der Waals surface area contributed by atoms with Crippen molar-refractivity contribution >= 4 is 23.4 Å². The molecule has 23 heavy (non-hydrogen) atoms. The SMILES string of the molecule is CC(CN1C(=O)c2ccccc2C1C(N)=O)c1ccc(Cl)cc1. The minimum Gasteiger partial charge on any atom is -0.368 e. The van der Waals surface area contributed by atoms with Crippen LogP contribution >= 0.6 is 11.6 Å². The Balaban J connectivity index is 1.88. The van der Waals surface area contributed by atoms with Gasteiger partial charge in [0.2, 0.25) is 5.91 Å². The van der Waals surface area contributed by atoms with Crippen molar-refractivity contribution in [2.45, 2.75) is 18.9 Å². The predicted octanol–water partition coefficient (Wildman–Crippen LogP) is 3.13. The van der Waals surface area contributed by atoms with Crippen molar-refractivity contribution in [2.24, 2.45) is 5.73 Å². The maximum absolute atomic E-state index is 12.6. The summed E-state index contributed by atoms with van der Waals surface area (Å²) in [6, 6.07) is 13.9. The second-order valence-corrected chi connectivity index (χ2v) is 6.24. The Morgan fingerprint density at radius 2 is 1.87 bits per heavy atom. The standard InChI is InChI=1S/C18H17ClN2O2/c1-11(12-6-8-13(19)9-7-12)10-21-16(17(20)22)14-4-2-3-5-15(14)18(21)23/h2-9,11,16H,10H2,1H3,(H2,20,22). The second-order valence-electron chi connectivity index (χ2n) is 5.80. The summed E-state index contributed by atoms with van der Waals surface area (Å²) >= 11 is 5.91. The van der Waals surface area contributed by atoms with Gasteiger partial charge in [0.05, 0.1) is 0 Å². The van der Waals surface area contributed by atoms with Crippen LogP contribution in [-0.4, -0.2) is 23.3 Å². The van der Waals surface area contributed by atoms with Crippen LogP contribution in [0.1, 0.15) is 40.4 Å². The minimum atomic E-state index is -0.701. The third kappa shape index (κ3) is 2.82. The summed E-state index contributed by atoms with van der Waals surface area (Å²) in [5.74, 6) is -0.593. The van der Waals surface area contributed by atoms with E-state index in [4.69, 9.17) is 17.3 Å². The van der Waals surface area contributed by atoms with Gasteiger partial charge < -0.3 is 10.6 Å². The number of hydrogen-bond acceptors (Lipinski definition) is 2. The first-order valence-corrected chi connectivity index (χ1v) is 7.81. The lowest BCUT2D eigenvalue weighted by molar-refractivity contribution is -0.122. The van der Waals surface area contributed by atoms with Gasteiger partial charge in [0.15, 0.2) is 0 Å². The summed E-state index contributed by atoms with van der Waals surface area (Å²) in [7, 11) is 0. The Bertz CT molecular complexity index is 758. The molecule has 2 aromatic rings. The number of carbonyl (C=O) groups excluding carboxylic acids is 2. The minimum absolute atomic E-state index is 0.0624.